The Balaban J connectivity index is 2.43. The smallest absolute Gasteiger partial charge is 0.0869 e. The van der Waals surface area contributed by atoms with Gasteiger partial charge in [0.1, 0.15) is 0 Å². The number of hydrogen-bond donors (Lipinski definition) is 2. The number of aliphatic hydroxyl groups is 1. The van der Waals surface area contributed by atoms with Gasteiger partial charge in [0.15, 0.2) is 0 Å². The molecule has 0 radical (unpaired) electrons. The summed E-state index contributed by atoms with van der Waals surface area (Å²) in [6, 6.07) is 6.14. The number of likely N-dealkylation sites (N-methyl/N-ethyl adjacent to an activating group) is 1. The summed E-state index contributed by atoms with van der Waals surface area (Å²) >= 11 is 6.92. The Morgan fingerprint density at radius 3 is 2.50 bits per heavy atom. The van der Waals surface area contributed by atoms with Crippen LogP contribution in [0.4, 0.5) is 0 Å². The lowest BCUT2D eigenvalue weighted by Crippen LogP contribution is -2.45. The molecule has 0 saturated carbocycles. The Bertz CT molecular complexity index is 395. The molecule has 1 atom stereocenters. The Morgan fingerprint density at radius 1 is 1.28 bits per heavy atom. The molecule has 0 spiro atoms. The van der Waals surface area contributed by atoms with Crippen molar-refractivity contribution in [3.8, 4) is 0 Å². The maximum Gasteiger partial charge on any atom is 0.0869 e. The number of benzene rings is 1. The molecule has 0 bridgehead atoms. The van der Waals surface area contributed by atoms with E-state index in [1.54, 1.807) is 0 Å². The topological polar surface area (TPSA) is 35.5 Å². The predicted molar refractivity (Wildman–Crippen MR) is 82.7 cm³/mol. The van der Waals surface area contributed by atoms with E-state index in [0.29, 0.717) is 13.1 Å². The molecule has 0 aliphatic heterocycles. The fraction of sp³-hybridized carbons (Fsp3) is 0.538. The summed E-state index contributed by atoms with van der Waals surface area (Å²) in [5, 5.41) is 13.4. The van der Waals surface area contributed by atoms with Gasteiger partial charge < -0.3 is 15.3 Å². The van der Waals surface area contributed by atoms with Gasteiger partial charge in [0.25, 0.3) is 0 Å². The molecule has 1 aromatic carbocycles. The minimum absolute atomic E-state index is 0.568. The van der Waals surface area contributed by atoms with Crippen molar-refractivity contribution < 1.29 is 5.11 Å². The number of nitrogens with one attached hydrogen (secondary N) is 1. The van der Waals surface area contributed by atoms with Gasteiger partial charge in [-0.15, -0.1) is 0 Å². The molecule has 18 heavy (non-hydrogen) atoms. The summed E-state index contributed by atoms with van der Waals surface area (Å²) in [4.78, 5) is 1.98. The van der Waals surface area contributed by atoms with E-state index in [1.807, 2.05) is 32.0 Å². The Labute approximate surface area is 126 Å². The van der Waals surface area contributed by atoms with E-state index in [9.17, 15) is 5.11 Å². The molecule has 1 rings (SSSR count). The minimum atomic E-state index is -0.712. The van der Waals surface area contributed by atoms with Gasteiger partial charge in [0.2, 0.25) is 0 Å². The molecule has 5 heteroatoms. The van der Waals surface area contributed by atoms with Gasteiger partial charge in [-0.25, -0.2) is 0 Å². The van der Waals surface area contributed by atoms with Crippen molar-refractivity contribution in [2.45, 2.75) is 19.1 Å². The van der Waals surface area contributed by atoms with Crippen LogP contribution in [0.1, 0.15) is 12.5 Å². The second-order valence-corrected chi connectivity index (χ2v) is 6.80. The van der Waals surface area contributed by atoms with E-state index in [4.69, 9.17) is 0 Å². The zero-order chi connectivity index (χ0) is 13.8. The van der Waals surface area contributed by atoms with Crippen molar-refractivity contribution in [1.29, 1.82) is 0 Å². The van der Waals surface area contributed by atoms with Crippen LogP contribution in [0.2, 0.25) is 0 Å². The van der Waals surface area contributed by atoms with Crippen LogP contribution in [0.3, 0.4) is 0 Å². The SMILES string of the molecule is CN(C)CC(C)(O)CNCc1ccc(Br)c(Br)c1. The van der Waals surface area contributed by atoms with E-state index in [0.717, 1.165) is 15.5 Å². The minimum Gasteiger partial charge on any atom is -0.388 e. The van der Waals surface area contributed by atoms with Gasteiger partial charge in [0, 0.05) is 28.6 Å². The first kappa shape index (κ1) is 16.1. The van der Waals surface area contributed by atoms with E-state index in [-0.39, 0.29) is 0 Å². The highest BCUT2D eigenvalue weighted by molar-refractivity contribution is 9.13. The van der Waals surface area contributed by atoms with Crippen LogP contribution in [0.25, 0.3) is 0 Å². The van der Waals surface area contributed by atoms with Crippen molar-refractivity contribution in [1.82, 2.24) is 10.2 Å². The summed E-state index contributed by atoms with van der Waals surface area (Å²) in [6.07, 6.45) is 0. The number of hydrogen-bond acceptors (Lipinski definition) is 3. The van der Waals surface area contributed by atoms with Crippen LogP contribution >= 0.6 is 31.9 Å². The lowest BCUT2D eigenvalue weighted by molar-refractivity contribution is 0.0336. The molecular weight excluding hydrogens is 360 g/mol. The molecule has 0 heterocycles. The first-order chi connectivity index (χ1) is 8.30. The highest BCUT2D eigenvalue weighted by Gasteiger charge is 2.20. The van der Waals surface area contributed by atoms with Crippen molar-refractivity contribution in [3.05, 3.63) is 32.7 Å². The zero-order valence-electron chi connectivity index (χ0n) is 11.0. The maximum atomic E-state index is 10.1. The fourth-order valence-corrected chi connectivity index (χ4v) is 2.54. The molecule has 0 amide bonds. The highest BCUT2D eigenvalue weighted by atomic mass is 79.9. The summed E-state index contributed by atoms with van der Waals surface area (Å²) in [6.45, 7) is 3.80. The van der Waals surface area contributed by atoms with Crippen molar-refractivity contribution >= 4 is 31.9 Å². The summed E-state index contributed by atoms with van der Waals surface area (Å²) in [7, 11) is 3.92. The van der Waals surface area contributed by atoms with Crippen molar-refractivity contribution in [3.63, 3.8) is 0 Å². The molecule has 0 aliphatic rings. The quantitative estimate of drug-likeness (QED) is 0.797. The first-order valence-corrected chi connectivity index (χ1v) is 7.40. The van der Waals surface area contributed by atoms with Crippen molar-refractivity contribution in [2.75, 3.05) is 27.2 Å². The Morgan fingerprint density at radius 2 is 1.94 bits per heavy atom. The molecule has 1 unspecified atom stereocenters. The molecular formula is C13H20Br2N2O. The number of halogens is 2. The normalized spacial score (nSPS) is 14.8. The van der Waals surface area contributed by atoms with E-state index >= 15 is 0 Å². The van der Waals surface area contributed by atoms with Gasteiger partial charge in [-0.2, -0.15) is 0 Å². The monoisotopic (exact) mass is 378 g/mol. The second kappa shape index (κ2) is 7.01. The molecule has 0 fully saturated rings. The van der Waals surface area contributed by atoms with Gasteiger partial charge in [-0.1, -0.05) is 6.07 Å². The number of rotatable bonds is 6. The standard InChI is InChI=1S/C13H20Br2N2O/c1-13(18,9-17(2)3)8-16-7-10-4-5-11(14)12(15)6-10/h4-6,16,18H,7-9H2,1-3H3. The van der Waals surface area contributed by atoms with Crippen LogP contribution in [-0.4, -0.2) is 42.8 Å². The van der Waals surface area contributed by atoms with Crippen LogP contribution < -0.4 is 5.32 Å². The Kier molecular flexibility index (Phi) is 6.27. The van der Waals surface area contributed by atoms with Crippen LogP contribution in [-0.2, 0) is 6.54 Å². The van der Waals surface area contributed by atoms with Gasteiger partial charge in [-0.05, 0) is 70.6 Å². The molecule has 3 nitrogen and oxygen atoms in total. The summed E-state index contributed by atoms with van der Waals surface area (Å²) < 4.78 is 2.09. The lowest BCUT2D eigenvalue weighted by atomic mass is 10.1. The molecule has 102 valence electrons. The fourth-order valence-electron chi connectivity index (χ4n) is 1.86. The zero-order valence-corrected chi connectivity index (χ0v) is 14.2. The highest BCUT2D eigenvalue weighted by Crippen LogP contribution is 2.23. The number of nitrogens with zero attached hydrogens (tertiary/aromatic N) is 1. The van der Waals surface area contributed by atoms with Crippen LogP contribution in [0, 0.1) is 0 Å². The Hall–Kier alpha value is 0.0600. The summed E-state index contributed by atoms with van der Waals surface area (Å²) in [5.41, 5.74) is 0.474. The van der Waals surface area contributed by atoms with Gasteiger partial charge >= 0.3 is 0 Å². The summed E-state index contributed by atoms with van der Waals surface area (Å²) in [5.74, 6) is 0. The molecule has 1 aromatic rings. The predicted octanol–water partition coefficient (Wildman–Crippen LogP) is 2.61. The molecule has 0 aromatic heterocycles. The third-order valence-corrected chi connectivity index (χ3v) is 4.36. The average molecular weight is 380 g/mol. The average Bonchev–Trinajstić information content (AvgIpc) is 2.21. The van der Waals surface area contributed by atoms with Crippen molar-refractivity contribution in [2.24, 2.45) is 0 Å². The lowest BCUT2D eigenvalue weighted by Gasteiger charge is -2.27. The van der Waals surface area contributed by atoms with E-state index < -0.39 is 5.60 Å². The van der Waals surface area contributed by atoms with E-state index in [2.05, 4.69) is 49.3 Å². The first-order valence-electron chi connectivity index (χ1n) is 5.82. The third-order valence-electron chi connectivity index (χ3n) is 2.48. The molecule has 0 aliphatic carbocycles. The molecule has 0 saturated heterocycles. The van der Waals surface area contributed by atoms with Crippen LogP contribution in [0.5, 0.6) is 0 Å². The largest absolute Gasteiger partial charge is 0.388 e. The third kappa shape index (κ3) is 5.80. The van der Waals surface area contributed by atoms with E-state index in [1.165, 1.54) is 5.56 Å². The van der Waals surface area contributed by atoms with Gasteiger partial charge in [0.05, 0.1) is 5.60 Å². The second-order valence-electron chi connectivity index (χ2n) is 5.09. The van der Waals surface area contributed by atoms with Crippen LogP contribution in [0.15, 0.2) is 27.1 Å². The molecule has 2 N–H and O–H groups in total. The van der Waals surface area contributed by atoms with Gasteiger partial charge in [-0.3, -0.25) is 0 Å². The maximum absolute atomic E-state index is 10.1.